The smallest absolute Gasteiger partial charge is 0.453 e. The van der Waals surface area contributed by atoms with Gasteiger partial charge in [0, 0.05) is 56.2 Å². The number of nitrogens with one attached hydrogen (secondary N) is 4. The molecule has 2 aromatic heterocycles. The van der Waals surface area contributed by atoms with Gasteiger partial charge in [0.15, 0.2) is 0 Å². The van der Waals surface area contributed by atoms with Crippen LogP contribution in [0, 0.1) is 11.8 Å². The van der Waals surface area contributed by atoms with Crippen LogP contribution in [0.15, 0.2) is 60.9 Å². The molecule has 2 saturated heterocycles. The number of ether oxygens (including phenoxy) is 2. The average Bonchev–Trinajstić information content (AvgIpc) is 3.86. The third-order valence-electron chi connectivity index (χ3n) is 10.9. The van der Waals surface area contributed by atoms with Crippen LogP contribution < -0.4 is 25.6 Å². The van der Waals surface area contributed by atoms with Crippen LogP contribution in [-0.4, -0.2) is 108 Å². The van der Waals surface area contributed by atoms with Crippen molar-refractivity contribution in [3.8, 4) is 28.1 Å². The van der Waals surface area contributed by atoms with Crippen LogP contribution in [0.2, 0.25) is 5.02 Å². The zero-order chi connectivity index (χ0) is 43.5. The van der Waals surface area contributed by atoms with Crippen molar-refractivity contribution in [2.45, 2.75) is 71.6 Å². The van der Waals surface area contributed by atoms with Crippen molar-refractivity contribution < 1.29 is 37.0 Å². The number of likely N-dealkylation sites (tertiary alicyclic amines) is 1. The molecule has 0 saturated carbocycles. The zero-order valence-electron chi connectivity index (χ0n) is 34.6. The van der Waals surface area contributed by atoms with E-state index in [1.165, 1.54) is 19.4 Å². The molecular formula is C42H51ClF3N9O5. The average molecular weight is 854 g/mol. The summed E-state index contributed by atoms with van der Waals surface area (Å²) in [5.41, 5.74) is 1.84. The molecule has 4 heterocycles. The number of imidazole rings is 1. The molecule has 2 aliphatic heterocycles. The second kappa shape index (κ2) is 18.5. The van der Waals surface area contributed by atoms with E-state index >= 15 is 0 Å². The van der Waals surface area contributed by atoms with E-state index in [0.29, 0.717) is 41.4 Å². The molecule has 0 aliphatic carbocycles. The Balaban J connectivity index is 1.18. The summed E-state index contributed by atoms with van der Waals surface area (Å²) < 4.78 is 50.4. The first-order valence-electron chi connectivity index (χ1n) is 19.8. The molecular weight excluding hydrogens is 803 g/mol. The highest BCUT2D eigenvalue weighted by Crippen LogP contribution is 2.41. The van der Waals surface area contributed by atoms with Gasteiger partial charge >= 0.3 is 12.5 Å². The van der Waals surface area contributed by atoms with Gasteiger partial charge in [-0.3, -0.25) is 14.5 Å². The number of methoxy groups -OCH3 is 1. The number of carbonyl (C=O) groups is 3. The maximum absolute atomic E-state index is 13.8. The van der Waals surface area contributed by atoms with E-state index in [-0.39, 0.29) is 57.7 Å². The fourth-order valence-electron chi connectivity index (χ4n) is 7.82. The van der Waals surface area contributed by atoms with Crippen LogP contribution >= 0.6 is 11.6 Å². The van der Waals surface area contributed by atoms with Crippen LogP contribution in [0.5, 0.6) is 5.75 Å². The Hall–Kier alpha value is -5.39. The number of halogens is 4. The van der Waals surface area contributed by atoms with Crippen molar-refractivity contribution in [1.29, 1.82) is 0 Å². The lowest BCUT2D eigenvalue weighted by atomic mass is 10.0. The molecule has 2 aliphatic rings. The number of nitrogens with zero attached hydrogens (tertiary/aromatic N) is 5. The first kappa shape index (κ1) is 44.2. The number of alkyl halides is 3. The molecule has 2 aromatic carbocycles. The third kappa shape index (κ3) is 10.1. The van der Waals surface area contributed by atoms with Crippen molar-refractivity contribution in [3.05, 3.63) is 77.3 Å². The minimum absolute atomic E-state index is 0.00613. The lowest BCUT2D eigenvalue weighted by Crippen LogP contribution is -2.58. The van der Waals surface area contributed by atoms with Crippen LogP contribution in [-0.2, 0) is 9.53 Å². The second-order valence-electron chi connectivity index (χ2n) is 15.8. The van der Waals surface area contributed by atoms with Crippen LogP contribution in [0.4, 0.5) is 29.5 Å². The lowest BCUT2D eigenvalue weighted by molar-refractivity contribution is -0.274. The SMILES string of the molecule is CNCN1CC(C)N(c2ccc(C(=O)Nc3cc(OC(F)(F)F)c(-c4ccc(-c5cnc(C6CC(C)CN6C(=O)C(NC(=O)OC)C(C)C)[nH]5)cc4)cc3Cl)cn2)CC1C. The fraction of sp³-hybridized carbons (Fsp3) is 0.452. The van der Waals surface area contributed by atoms with Crippen LogP contribution in [0.3, 0.4) is 0 Å². The van der Waals surface area contributed by atoms with Gasteiger partial charge < -0.3 is 40.2 Å². The molecule has 5 atom stereocenters. The molecule has 4 aromatic rings. The highest BCUT2D eigenvalue weighted by molar-refractivity contribution is 6.34. The highest BCUT2D eigenvalue weighted by atomic mass is 35.5. The van der Waals surface area contributed by atoms with Crippen molar-refractivity contribution in [3.63, 3.8) is 0 Å². The Labute approximate surface area is 352 Å². The van der Waals surface area contributed by atoms with Gasteiger partial charge in [-0.15, -0.1) is 13.2 Å². The number of alkyl carbamates (subject to hydrolysis) is 1. The van der Waals surface area contributed by atoms with E-state index in [4.69, 9.17) is 16.3 Å². The summed E-state index contributed by atoms with van der Waals surface area (Å²) >= 11 is 6.60. The van der Waals surface area contributed by atoms with Crippen molar-refractivity contribution in [2.24, 2.45) is 11.8 Å². The first-order chi connectivity index (χ1) is 28.5. The molecule has 0 bridgehead atoms. The van der Waals surface area contributed by atoms with Gasteiger partial charge in [0.1, 0.15) is 23.4 Å². The Morgan fingerprint density at radius 2 is 1.68 bits per heavy atom. The number of rotatable bonds is 12. The highest BCUT2D eigenvalue weighted by Gasteiger charge is 2.40. The summed E-state index contributed by atoms with van der Waals surface area (Å²) in [5, 5.41) is 8.45. The van der Waals surface area contributed by atoms with Crippen molar-refractivity contribution in [2.75, 3.05) is 50.7 Å². The quantitative estimate of drug-likeness (QED) is 0.114. The summed E-state index contributed by atoms with van der Waals surface area (Å²) in [4.78, 5) is 57.7. The van der Waals surface area contributed by atoms with Crippen molar-refractivity contribution >= 4 is 41.0 Å². The molecule has 5 unspecified atom stereocenters. The van der Waals surface area contributed by atoms with E-state index < -0.39 is 30.2 Å². The number of aromatic amines is 1. The van der Waals surface area contributed by atoms with E-state index in [9.17, 15) is 27.6 Å². The zero-order valence-corrected chi connectivity index (χ0v) is 35.3. The minimum atomic E-state index is -5.04. The van der Waals surface area contributed by atoms with Crippen LogP contribution in [0.25, 0.3) is 22.4 Å². The topological polar surface area (TPSA) is 157 Å². The van der Waals surface area contributed by atoms with E-state index in [2.05, 4.69) is 59.3 Å². The normalized spacial score (nSPS) is 20.3. The summed E-state index contributed by atoms with van der Waals surface area (Å²) in [6.07, 6.45) is -2.02. The largest absolute Gasteiger partial charge is 0.573 e. The third-order valence-corrected chi connectivity index (χ3v) is 11.2. The number of pyridine rings is 1. The Morgan fingerprint density at radius 1 is 0.967 bits per heavy atom. The molecule has 4 N–H and O–H groups in total. The monoisotopic (exact) mass is 853 g/mol. The number of H-pyrrole nitrogens is 1. The Kier molecular flexibility index (Phi) is 13.6. The van der Waals surface area contributed by atoms with Crippen LogP contribution in [0.1, 0.15) is 63.3 Å². The van der Waals surface area contributed by atoms with Crippen molar-refractivity contribution in [1.82, 2.24) is 35.4 Å². The molecule has 18 heteroatoms. The molecule has 0 radical (unpaired) electrons. The lowest BCUT2D eigenvalue weighted by Gasteiger charge is -2.44. The second-order valence-corrected chi connectivity index (χ2v) is 16.2. The number of amides is 3. The molecule has 14 nitrogen and oxygen atoms in total. The summed E-state index contributed by atoms with van der Waals surface area (Å²) in [6, 6.07) is 11.7. The maximum atomic E-state index is 13.8. The standard InChI is InChI=1S/C42H51ClF3N9O5/c1-23(2)37(52-41(58)59-7)40(57)55-19-24(3)14-34(55)38-49-18-33(50-38)28-10-8-27(9-11-28)30-15-31(43)32(16-35(30)60-42(44,45)46)51-39(56)29-12-13-36(48-17-29)54-21-25(4)53(22-47-6)20-26(54)5/h8-13,15-18,23-26,34,37,47H,14,19-22H2,1-7H3,(H,49,50)(H,51,56)(H,52,58). The molecule has 322 valence electrons. The number of piperazine rings is 1. The number of hydrogen-bond donors (Lipinski definition) is 4. The molecule has 60 heavy (non-hydrogen) atoms. The molecule has 0 spiro atoms. The van der Waals surface area contributed by atoms with Gasteiger partial charge in [-0.1, -0.05) is 56.6 Å². The maximum Gasteiger partial charge on any atom is 0.573 e. The minimum Gasteiger partial charge on any atom is -0.453 e. The molecule has 3 amide bonds. The van der Waals surface area contributed by atoms with Gasteiger partial charge in [-0.05, 0) is 68.5 Å². The summed E-state index contributed by atoms with van der Waals surface area (Å²) in [7, 11) is 3.15. The summed E-state index contributed by atoms with van der Waals surface area (Å²) in [5.74, 6) is -0.155. The predicted molar refractivity (Wildman–Crippen MR) is 223 cm³/mol. The number of aromatic nitrogens is 3. The summed E-state index contributed by atoms with van der Waals surface area (Å²) in [6.45, 7) is 12.8. The first-order valence-corrected chi connectivity index (χ1v) is 20.2. The number of anilines is 2. The molecule has 2 fully saturated rings. The number of carbonyl (C=O) groups excluding carboxylic acids is 3. The van der Waals surface area contributed by atoms with Gasteiger partial charge in [0.05, 0.1) is 41.3 Å². The Bertz CT molecular complexity index is 2150. The van der Waals surface area contributed by atoms with Gasteiger partial charge in [0.2, 0.25) is 5.91 Å². The van der Waals surface area contributed by atoms with Gasteiger partial charge in [-0.2, -0.15) is 0 Å². The predicted octanol–water partition coefficient (Wildman–Crippen LogP) is 7.31. The van der Waals surface area contributed by atoms with E-state index in [0.717, 1.165) is 25.8 Å². The Morgan fingerprint density at radius 3 is 2.32 bits per heavy atom. The number of hydrogen-bond acceptors (Lipinski definition) is 10. The number of benzene rings is 2. The van der Waals surface area contributed by atoms with E-state index in [1.54, 1.807) is 47.5 Å². The van der Waals surface area contributed by atoms with Gasteiger partial charge in [0.25, 0.3) is 5.91 Å². The van der Waals surface area contributed by atoms with E-state index in [1.807, 2.05) is 27.8 Å². The fourth-order valence-corrected chi connectivity index (χ4v) is 8.03. The van der Waals surface area contributed by atoms with Gasteiger partial charge in [-0.25, -0.2) is 14.8 Å². The molecule has 6 rings (SSSR count).